The van der Waals surface area contributed by atoms with E-state index in [1.165, 1.54) is 6.08 Å². The van der Waals surface area contributed by atoms with Crippen molar-refractivity contribution in [2.24, 2.45) is 5.73 Å². The molecule has 17 heavy (non-hydrogen) atoms. The van der Waals surface area contributed by atoms with E-state index in [4.69, 9.17) is 18.7 Å². The molecular formula is C7H11F3N2O4S. The van der Waals surface area contributed by atoms with Gasteiger partial charge in [-0.15, -0.1) is 0 Å². The zero-order valence-corrected chi connectivity index (χ0v) is 9.33. The molecule has 0 aromatic heterocycles. The van der Waals surface area contributed by atoms with Crippen LogP contribution in [0.3, 0.4) is 0 Å². The first-order valence-electron chi connectivity index (χ1n) is 4.19. The van der Waals surface area contributed by atoms with E-state index in [1.807, 2.05) is 0 Å². The fraction of sp³-hybridized carbons (Fsp3) is 0.571. The molecule has 1 fully saturated rings. The molecule has 0 unspecified atom stereocenters. The molecule has 0 bridgehead atoms. The minimum atomic E-state index is -5.84. The van der Waals surface area contributed by atoms with Crippen LogP contribution in [0.5, 0.6) is 0 Å². The number of hydrogen-bond donors (Lipinski definition) is 2. The number of nitrogens with two attached hydrogens (primary N) is 1. The van der Waals surface area contributed by atoms with Crippen LogP contribution in [-0.4, -0.2) is 48.4 Å². The quantitative estimate of drug-likeness (QED) is 0.390. The molecule has 6 nitrogen and oxygen atoms in total. The Hall–Kier alpha value is -1.13. The average Bonchev–Trinajstić information content (AvgIpc) is 2.09. The first-order chi connectivity index (χ1) is 7.49. The van der Waals surface area contributed by atoms with Crippen LogP contribution in [0.15, 0.2) is 12.7 Å². The van der Waals surface area contributed by atoms with E-state index < -0.39 is 15.6 Å². The zero-order chi connectivity index (χ0) is 13.9. The summed E-state index contributed by atoms with van der Waals surface area (Å²) in [7, 11) is -5.84. The molecule has 1 saturated heterocycles. The highest BCUT2D eigenvalue weighted by Gasteiger charge is 2.44. The Balaban J connectivity index is 0.000000304. The largest absolute Gasteiger partial charge is 0.522 e. The van der Waals surface area contributed by atoms with Crippen molar-refractivity contribution in [2.45, 2.75) is 11.6 Å². The van der Waals surface area contributed by atoms with Crippen LogP contribution in [0.2, 0.25) is 0 Å². The number of rotatable bonds is 1. The molecule has 0 aromatic rings. The molecular weight excluding hydrogens is 265 g/mol. The second-order valence-electron chi connectivity index (χ2n) is 3.13. The number of halogens is 3. The Morgan fingerprint density at radius 3 is 2.00 bits per heavy atom. The lowest BCUT2D eigenvalue weighted by atomic mass is 10.1. The van der Waals surface area contributed by atoms with E-state index >= 15 is 0 Å². The van der Waals surface area contributed by atoms with E-state index in [9.17, 15) is 18.0 Å². The van der Waals surface area contributed by atoms with E-state index in [0.29, 0.717) is 13.1 Å². The highest BCUT2D eigenvalue weighted by molar-refractivity contribution is 7.86. The van der Waals surface area contributed by atoms with Crippen LogP contribution in [-0.2, 0) is 14.9 Å². The number of likely N-dealkylation sites (tertiary alicyclic amines) is 1. The number of carbonyl (C=O) groups excluding carboxylic acids is 1. The van der Waals surface area contributed by atoms with Gasteiger partial charge in [0.05, 0.1) is 0 Å². The molecule has 1 rings (SSSR count). The van der Waals surface area contributed by atoms with Crippen LogP contribution >= 0.6 is 0 Å². The minimum Gasteiger partial charge on any atom is -0.336 e. The van der Waals surface area contributed by atoms with Crippen LogP contribution in [0.1, 0.15) is 0 Å². The van der Waals surface area contributed by atoms with Gasteiger partial charge in [0.1, 0.15) is 0 Å². The summed E-state index contributed by atoms with van der Waals surface area (Å²) in [6.07, 6.45) is 1.31. The molecule has 0 aliphatic carbocycles. The Labute approximate surface area is 95.6 Å². The van der Waals surface area contributed by atoms with Crippen LogP contribution in [0.25, 0.3) is 0 Å². The fourth-order valence-corrected chi connectivity index (χ4v) is 0.822. The lowest BCUT2D eigenvalue weighted by molar-refractivity contribution is -0.130. The number of amides is 1. The summed E-state index contributed by atoms with van der Waals surface area (Å²) < 4.78 is 57.5. The fourth-order valence-electron chi connectivity index (χ4n) is 0.822. The van der Waals surface area contributed by atoms with Crippen LogP contribution in [0.4, 0.5) is 13.2 Å². The van der Waals surface area contributed by atoms with Gasteiger partial charge in [0, 0.05) is 19.1 Å². The van der Waals surface area contributed by atoms with E-state index in [0.717, 1.165) is 0 Å². The van der Waals surface area contributed by atoms with Gasteiger partial charge in [0.15, 0.2) is 0 Å². The maximum absolute atomic E-state index is 10.7. The Morgan fingerprint density at radius 1 is 1.47 bits per heavy atom. The monoisotopic (exact) mass is 276 g/mol. The van der Waals surface area contributed by atoms with Gasteiger partial charge < -0.3 is 10.6 Å². The van der Waals surface area contributed by atoms with Crippen LogP contribution in [0, 0.1) is 0 Å². The smallest absolute Gasteiger partial charge is 0.336 e. The van der Waals surface area contributed by atoms with Crippen molar-refractivity contribution in [3.05, 3.63) is 12.7 Å². The summed E-state index contributed by atoms with van der Waals surface area (Å²) in [5.74, 6) is -0.0169. The lowest BCUT2D eigenvalue weighted by Gasteiger charge is -2.35. The SMILES string of the molecule is C=CC(=O)N1CC(N)C1.O=S(=O)(O)C(F)(F)F. The average molecular weight is 276 g/mol. The topological polar surface area (TPSA) is 101 Å². The maximum Gasteiger partial charge on any atom is 0.522 e. The molecule has 1 aliphatic rings. The maximum atomic E-state index is 10.7. The second-order valence-corrected chi connectivity index (χ2v) is 4.54. The van der Waals surface area contributed by atoms with Crippen molar-refractivity contribution >= 4 is 16.0 Å². The number of hydrogen-bond acceptors (Lipinski definition) is 4. The van der Waals surface area contributed by atoms with Gasteiger partial charge in [-0.3, -0.25) is 9.35 Å². The highest BCUT2D eigenvalue weighted by Crippen LogP contribution is 2.20. The normalized spacial score (nSPS) is 16.6. The van der Waals surface area contributed by atoms with Crippen molar-refractivity contribution in [1.82, 2.24) is 4.90 Å². The van der Waals surface area contributed by atoms with Crippen molar-refractivity contribution in [3.63, 3.8) is 0 Å². The molecule has 0 saturated carbocycles. The first-order valence-corrected chi connectivity index (χ1v) is 5.63. The standard InChI is InChI=1S/C6H10N2O.CHF3O3S/c1-2-6(9)8-3-5(7)4-8;2-1(3,4)8(5,6)7/h2,5H,1,3-4,7H2;(H,5,6,7). The highest BCUT2D eigenvalue weighted by atomic mass is 32.2. The van der Waals surface area contributed by atoms with E-state index in [1.54, 1.807) is 4.90 Å². The first kappa shape index (κ1) is 15.9. The predicted molar refractivity (Wildman–Crippen MR) is 52.4 cm³/mol. The minimum absolute atomic E-state index is 0.0169. The third-order valence-corrected chi connectivity index (χ3v) is 2.27. The van der Waals surface area contributed by atoms with Gasteiger partial charge in [-0.05, 0) is 6.08 Å². The summed E-state index contributed by atoms with van der Waals surface area (Å²) in [5.41, 5.74) is -0.102. The van der Waals surface area contributed by atoms with Crippen molar-refractivity contribution in [1.29, 1.82) is 0 Å². The molecule has 3 N–H and O–H groups in total. The molecule has 10 heteroatoms. The molecule has 1 amide bonds. The summed E-state index contributed by atoms with van der Waals surface area (Å²) in [6, 6.07) is 0.189. The molecule has 1 heterocycles. The van der Waals surface area contributed by atoms with Crippen LogP contribution < -0.4 is 5.73 Å². The number of nitrogens with zero attached hydrogens (tertiary/aromatic N) is 1. The van der Waals surface area contributed by atoms with Gasteiger partial charge in [0.2, 0.25) is 5.91 Å². The van der Waals surface area contributed by atoms with Crippen molar-refractivity contribution in [2.75, 3.05) is 13.1 Å². The Kier molecular flexibility index (Phi) is 5.11. The van der Waals surface area contributed by atoms with Gasteiger partial charge >= 0.3 is 15.6 Å². The van der Waals surface area contributed by atoms with Crippen molar-refractivity contribution < 1.29 is 30.9 Å². The number of alkyl halides is 3. The van der Waals surface area contributed by atoms with E-state index in [-0.39, 0.29) is 11.9 Å². The molecule has 0 spiro atoms. The zero-order valence-electron chi connectivity index (χ0n) is 8.51. The molecule has 0 radical (unpaired) electrons. The van der Waals surface area contributed by atoms with Crippen molar-refractivity contribution in [3.8, 4) is 0 Å². The van der Waals surface area contributed by atoms with Gasteiger partial charge in [0.25, 0.3) is 0 Å². The summed E-state index contributed by atoms with van der Waals surface area (Å²) in [5, 5.41) is 0. The second kappa shape index (κ2) is 5.47. The lowest BCUT2D eigenvalue weighted by Crippen LogP contribution is -2.57. The van der Waals surface area contributed by atoms with E-state index in [2.05, 4.69) is 6.58 Å². The van der Waals surface area contributed by atoms with Gasteiger partial charge in [-0.1, -0.05) is 6.58 Å². The number of carbonyl (C=O) groups is 1. The summed E-state index contributed by atoms with van der Waals surface area (Å²) in [6.45, 7) is 4.73. The summed E-state index contributed by atoms with van der Waals surface area (Å²) >= 11 is 0. The van der Waals surface area contributed by atoms with Gasteiger partial charge in [-0.25, -0.2) is 0 Å². The van der Waals surface area contributed by atoms with Gasteiger partial charge in [-0.2, -0.15) is 21.6 Å². The molecule has 0 aromatic carbocycles. The predicted octanol–water partition coefficient (Wildman–Crippen LogP) is -0.264. The molecule has 100 valence electrons. The Bertz CT molecular complexity index is 386. The Morgan fingerprint density at radius 2 is 1.82 bits per heavy atom. The molecule has 0 atom stereocenters. The molecule has 1 aliphatic heterocycles. The third-order valence-electron chi connectivity index (χ3n) is 1.69. The summed E-state index contributed by atoms with van der Waals surface area (Å²) in [4.78, 5) is 12.4. The third kappa shape index (κ3) is 5.15.